The molecular weight excluding hydrogens is 498 g/mol. The minimum absolute atomic E-state index is 0.0366. The second-order valence-corrected chi connectivity index (χ2v) is 11.8. The van der Waals surface area contributed by atoms with Crippen LogP contribution in [0.2, 0.25) is 0 Å². The summed E-state index contributed by atoms with van der Waals surface area (Å²) in [6, 6.07) is -0.714. The number of hydrogen-bond donors (Lipinski definition) is 0. The number of likely N-dealkylation sites (N-methyl/N-ethyl adjacent to an activating group) is 1. The number of esters is 2. The summed E-state index contributed by atoms with van der Waals surface area (Å²) in [5, 5.41) is 11.4. The molecule has 0 bridgehead atoms. The fraction of sp³-hybridized carbons (Fsp3) is 0.903. The van der Waals surface area contributed by atoms with Crippen molar-refractivity contribution in [1.29, 1.82) is 0 Å². The molecule has 39 heavy (non-hydrogen) atoms. The van der Waals surface area contributed by atoms with Crippen LogP contribution >= 0.6 is 0 Å². The van der Waals surface area contributed by atoms with E-state index in [2.05, 4.69) is 6.92 Å². The summed E-state index contributed by atoms with van der Waals surface area (Å²) < 4.78 is 16.3. The van der Waals surface area contributed by atoms with Gasteiger partial charge in [0, 0.05) is 19.8 Å². The molecule has 0 aliphatic rings. The Labute approximate surface area is 238 Å². The minimum atomic E-state index is -1.13. The van der Waals surface area contributed by atoms with Crippen LogP contribution in [0.3, 0.4) is 0 Å². The van der Waals surface area contributed by atoms with Gasteiger partial charge in [0.25, 0.3) is 0 Å². The van der Waals surface area contributed by atoms with E-state index in [1.54, 1.807) is 21.1 Å². The predicted molar refractivity (Wildman–Crippen MR) is 153 cm³/mol. The molecule has 8 nitrogen and oxygen atoms in total. The molecule has 0 aliphatic heterocycles. The number of ether oxygens (including phenoxy) is 3. The molecule has 8 heteroatoms. The van der Waals surface area contributed by atoms with Crippen LogP contribution in [0.25, 0.3) is 0 Å². The van der Waals surface area contributed by atoms with E-state index in [4.69, 9.17) is 14.2 Å². The van der Waals surface area contributed by atoms with E-state index in [1.165, 1.54) is 90.4 Å². The van der Waals surface area contributed by atoms with E-state index in [1.807, 2.05) is 0 Å². The third-order valence-electron chi connectivity index (χ3n) is 7.05. The summed E-state index contributed by atoms with van der Waals surface area (Å²) in [5.41, 5.74) is 0. The highest BCUT2D eigenvalue weighted by molar-refractivity contribution is 5.70. The summed E-state index contributed by atoms with van der Waals surface area (Å²) in [6.07, 6.45) is 20.3. The molecule has 0 N–H and O–H groups in total. The Kier molecular flexibility index (Phi) is 23.1. The summed E-state index contributed by atoms with van der Waals surface area (Å²) in [4.78, 5) is 34.9. The zero-order valence-corrected chi connectivity index (χ0v) is 25.8. The van der Waals surface area contributed by atoms with Gasteiger partial charge in [-0.25, -0.2) is 0 Å². The maximum absolute atomic E-state index is 12.3. The molecule has 0 amide bonds. The molecule has 0 rings (SSSR count). The topological polar surface area (TPSA) is 102 Å². The monoisotopic (exact) mass is 557 g/mol. The van der Waals surface area contributed by atoms with Gasteiger partial charge in [-0.3, -0.25) is 9.59 Å². The zero-order valence-electron chi connectivity index (χ0n) is 25.8. The average molecular weight is 558 g/mol. The molecule has 2 unspecified atom stereocenters. The van der Waals surface area contributed by atoms with Crippen molar-refractivity contribution in [1.82, 2.24) is 0 Å². The van der Waals surface area contributed by atoms with Gasteiger partial charge in [0.1, 0.15) is 12.6 Å². The number of hydrogen-bond acceptors (Lipinski definition) is 7. The van der Waals surface area contributed by atoms with Crippen molar-refractivity contribution in [2.24, 2.45) is 0 Å². The van der Waals surface area contributed by atoms with Crippen LogP contribution in [0.4, 0.5) is 0 Å². The number of rotatable bonds is 27. The lowest BCUT2D eigenvalue weighted by Crippen LogP contribution is -2.55. The normalized spacial score (nSPS) is 13.2. The van der Waals surface area contributed by atoms with Gasteiger partial charge in [-0.15, -0.1) is 0 Å². The minimum Gasteiger partial charge on any atom is -0.544 e. The van der Waals surface area contributed by atoms with Gasteiger partial charge in [-0.2, -0.15) is 0 Å². The number of carboxylic acids is 1. The first kappa shape index (κ1) is 37.3. The standard InChI is InChI=1S/C31H59NO7/c1-6-7-8-9-10-11-12-13-14-15-16-17-18-19-20-21-22-30(34)39-28(26-38-27(2)33)25-37-24-23-29(31(35)36)32(3,4)5/h28-29H,6-26H2,1-5H3. The summed E-state index contributed by atoms with van der Waals surface area (Å²) >= 11 is 0. The SMILES string of the molecule is CCCCCCCCCCCCCCCCCCC(=O)OC(COCCC(C(=O)[O-])[N+](C)(C)C)COC(C)=O. The number of unbranched alkanes of at least 4 members (excludes halogenated alkanes) is 15. The molecule has 0 saturated carbocycles. The Morgan fingerprint density at radius 3 is 1.59 bits per heavy atom. The number of carbonyl (C=O) groups is 3. The summed E-state index contributed by atoms with van der Waals surface area (Å²) in [6.45, 7) is 3.68. The van der Waals surface area contributed by atoms with Gasteiger partial charge >= 0.3 is 11.9 Å². The molecule has 0 aromatic rings. The van der Waals surface area contributed by atoms with Gasteiger partial charge < -0.3 is 28.6 Å². The molecule has 0 aliphatic carbocycles. The first-order chi connectivity index (χ1) is 18.6. The smallest absolute Gasteiger partial charge is 0.306 e. The second kappa shape index (κ2) is 24.2. The van der Waals surface area contributed by atoms with Crippen molar-refractivity contribution < 1.29 is 38.2 Å². The van der Waals surface area contributed by atoms with Crippen LogP contribution in [-0.2, 0) is 28.6 Å². The van der Waals surface area contributed by atoms with Gasteiger partial charge in [-0.1, -0.05) is 103 Å². The fourth-order valence-corrected chi connectivity index (χ4v) is 4.62. The van der Waals surface area contributed by atoms with Crippen molar-refractivity contribution >= 4 is 17.9 Å². The Bertz CT molecular complexity index is 633. The summed E-state index contributed by atoms with van der Waals surface area (Å²) in [5.74, 6) is -1.93. The molecule has 2 atom stereocenters. The maximum atomic E-state index is 12.3. The molecule has 0 spiro atoms. The Hall–Kier alpha value is -1.67. The van der Waals surface area contributed by atoms with Gasteiger partial charge in [0.15, 0.2) is 6.10 Å². The molecule has 0 heterocycles. The largest absolute Gasteiger partial charge is 0.544 e. The molecule has 0 radical (unpaired) electrons. The van der Waals surface area contributed by atoms with E-state index in [9.17, 15) is 19.5 Å². The zero-order chi connectivity index (χ0) is 29.4. The van der Waals surface area contributed by atoms with Crippen LogP contribution in [0.5, 0.6) is 0 Å². The fourth-order valence-electron chi connectivity index (χ4n) is 4.62. The van der Waals surface area contributed by atoms with Gasteiger partial charge in [0.05, 0.1) is 40.3 Å². The van der Waals surface area contributed by atoms with Crippen LogP contribution < -0.4 is 5.11 Å². The van der Waals surface area contributed by atoms with Crippen molar-refractivity contribution in [2.45, 2.75) is 142 Å². The third kappa shape index (κ3) is 23.9. The van der Waals surface area contributed by atoms with Crippen molar-refractivity contribution in [2.75, 3.05) is 41.0 Å². The summed E-state index contributed by atoms with van der Waals surface area (Å²) in [7, 11) is 5.35. The molecule has 0 fully saturated rings. The number of aliphatic carboxylic acids is 1. The molecule has 230 valence electrons. The quantitative estimate of drug-likeness (QED) is 0.0763. The number of carboxylic acid groups (broad SMARTS) is 1. The predicted octanol–water partition coefficient (Wildman–Crippen LogP) is 5.34. The second-order valence-electron chi connectivity index (χ2n) is 11.8. The third-order valence-corrected chi connectivity index (χ3v) is 7.05. The Morgan fingerprint density at radius 2 is 1.18 bits per heavy atom. The first-order valence-electron chi connectivity index (χ1n) is 15.5. The molecular formula is C31H59NO7. The van der Waals surface area contributed by atoms with Crippen molar-refractivity contribution in [3.05, 3.63) is 0 Å². The highest BCUT2D eigenvalue weighted by atomic mass is 16.6. The highest BCUT2D eigenvalue weighted by Gasteiger charge is 2.25. The van der Waals surface area contributed by atoms with E-state index < -0.39 is 24.1 Å². The van der Waals surface area contributed by atoms with Crippen LogP contribution in [0.1, 0.15) is 129 Å². The number of carbonyl (C=O) groups excluding carboxylic acids is 3. The first-order valence-corrected chi connectivity index (χ1v) is 15.5. The lowest BCUT2D eigenvalue weighted by atomic mass is 10.0. The molecule has 0 aromatic carbocycles. The Morgan fingerprint density at radius 1 is 0.718 bits per heavy atom. The molecule has 0 aromatic heterocycles. The molecule has 0 saturated heterocycles. The van der Waals surface area contributed by atoms with Crippen LogP contribution in [0, 0.1) is 0 Å². The highest BCUT2D eigenvalue weighted by Crippen LogP contribution is 2.14. The van der Waals surface area contributed by atoms with Gasteiger partial charge in [0.2, 0.25) is 0 Å². The number of nitrogens with zero attached hydrogens (tertiary/aromatic N) is 1. The van der Waals surface area contributed by atoms with E-state index in [0.29, 0.717) is 6.42 Å². The lowest BCUT2D eigenvalue weighted by molar-refractivity contribution is -0.889. The maximum Gasteiger partial charge on any atom is 0.306 e. The van der Waals surface area contributed by atoms with E-state index in [-0.39, 0.29) is 36.7 Å². The number of quaternary nitrogens is 1. The van der Waals surface area contributed by atoms with Crippen molar-refractivity contribution in [3.8, 4) is 0 Å². The van der Waals surface area contributed by atoms with Crippen LogP contribution in [0.15, 0.2) is 0 Å². The average Bonchev–Trinajstić information content (AvgIpc) is 2.85. The Balaban J connectivity index is 3.92. The van der Waals surface area contributed by atoms with Gasteiger partial charge in [-0.05, 0) is 6.42 Å². The van der Waals surface area contributed by atoms with E-state index in [0.717, 1.165) is 19.3 Å². The lowest BCUT2D eigenvalue weighted by Gasteiger charge is -2.34. The van der Waals surface area contributed by atoms with Crippen LogP contribution in [-0.4, -0.2) is 75.5 Å². The van der Waals surface area contributed by atoms with E-state index >= 15 is 0 Å². The van der Waals surface area contributed by atoms with Crippen molar-refractivity contribution in [3.63, 3.8) is 0 Å².